The number of hydrogen-bond donors (Lipinski definition) is 0. The molecule has 226 valence electrons. The van der Waals surface area contributed by atoms with Crippen molar-refractivity contribution in [3.05, 3.63) is 0 Å². The van der Waals surface area contributed by atoms with E-state index in [1.54, 1.807) is 0 Å². The molecule has 0 bridgehead atoms. The van der Waals surface area contributed by atoms with Crippen molar-refractivity contribution in [1.29, 1.82) is 0 Å². The Hall–Kier alpha value is -0.440. The Balaban J connectivity index is 6.17. The molecule has 0 fully saturated rings. The van der Waals surface area contributed by atoms with E-state index in [1.165, 1.54) is 0 Å². The maximum absolute atomic E-state index is 13.9. The second-order valence-electron chi connectivity index (χ2n) is 6.33. The van der Waals surface area contributed by atoms with E-state index in [2.05, 4.69) is 79.4 Å². The summed E-state index contributed by atoms with van der Waals surface area (Å²) < 4.78 is 202. The van der Waals surface area contributed by atoms with E-state index in [9.17, 15) is 79.8 Å². The minimum Gasteiger partial charge on any atom is -0.240 e. The molecule has 0 spiro atoms. The monoisotopic (exact) mass is 722 g/mol. The minimum atomic E-state index is -7.29. The van der Waals surface area contributed by atoms with Crippen molar-refractivity contribution in [2.24, 2.45) is 0 Å². The van der Waals surface area contributed by atoms with Crippen molar-refractivity contribution >= 4 is 81.5 Å². The van der Waals surface area contributed by atoms with Gasteiger partial charge >= 0.3 is 48.0 Å². The van der Waals surface area contributed by atoms with Crippen LogP contribution >= 0.6 is 69.6 Å². The van der Waals surface area contributed by atoms with E-state index in [1.807, 2.05) is 0 Å². The summed E-state index contributed by atoms with van der Waals surface area (Å²) in [5.74, 6) is -37.6. The third-order valence-electron chi connectivity index (χ3n) is 3.78. The molecule has 2 atom stereocenters. The van der Waals surface area contributed by atoms with Crippen LogP contribution < -0.4 is 0 Å². The molecule has 0 rings (SSSR count). The highest BCUT2D eigenvalue weighted by Gasteiger charge is 2.86. The van der Waals surface area contributed by atoms with Crippen molar-refractivity contribution in [1.82, 2.24) is 0 Å². The molecule has 0 heterocycles. The van der Waals surface area contributed by atoms with Crippen LogP contribution in [-0.2, 0) is 19.4 Å². The molecule has 0 saturated carbocycles. The number of carbonyl (C=O) groups excluding carboxylic acids is 2. The largest absolute Gasteiger partial charge is 0.431 e. The van der Waals surface area contributed by atoms with Crippen LogP contribution in [0, 0.1) is 0 Å². The molecule has 2 unspecified atom stereocenters. The second kappa shape index (κ2) is 10.1. The SMILES string of the molecule is O=C(OOC(=O)C(F)(F)C(F)(F)C(F)(Cl)C(Cl)(Cl)C(F)(F)F)C(F)(F)C(F)(F)C(F)(Cl)C(Cl)(Cl)C(F)(F)F. The molecule has 0 aromatic heterocycles. The Morgan fingerprint density at radius 1 is 0.421 bits per heavy atom. The summed E-state index contributed by atoms with van der Waals surface area (Å²) in [5, 5.41) is -12.9. The van der Waals surface area contributed by atoms with E-state index < -0.39 is 66.9 Å². The standard InChI is InChI=1S/C12Cl6F16O4/c13-5(14,11(29,30)31)7(17,23)9(25,26)3(19,20)1(35)37-38-2(36)4(21,22)10(27,28)8(18,24)6(15,16)12(32,33)34. The van der Waals surface area contributed by atoms with Gasteiger partial charge in [0.25, 0.3) is 18.9 Å². The summed E-state index contributed by atoms with van der Waals surface area (Å²) in [4.78, 5) is 26.7. The summed E-state index contributed by atoms with van der Waals surface area (Å²) in [7, 11) is 0. The molecule has 0 aliphatic rings. The topological polar surface area (TPSA) is 52.6 Å². The second-order valence-corrected chi connectivity index (χ2v) is 10.0. The van der Waals surface area contributed by atoms with E-state index in [0.717, 1.165) is 0 Å². The lowest BCUT2D eigenvalue weighted by molar-refractivity contribution is -0.328. The van der Waals surface area contributed by atoms with Crippen LogP contribution in [0.15, 0.2) is 0 Å². The molecular formula is C12Cl6F16O4. The summed E-state index contributed by atoms with van der Waals surface area (Å²) >= 11 is 24.9. The zero-order chi connectivity index (χ0) is 31.6. The average Bonchev–Trinajstić information content (AvgIpc) is 2.68. The first-order valence-corrected chi connectivity index (χ1v) is 9.91. The molecule has 0 aromatic rings. The molecular weight excluding hydrogens is 725 g/mol. The van der Waals surface area contributed by atoms with Gasteiger partial charge in [0.1, 0.15) is 0 Å². The van der Waals surface area contributed by atoms with Gasteiger partial charge in [-0.15, -0.1) is 0 Å². The van der Waals surface area contributed by atoms with Gasteiger partial charge in [-0.05, 0) is 0 Å². The quantitative estimate of drug-likeness (QED) is 0.111. The predicted octanol–water partition coefficient (Wildman–Crippen LogP) is 7.81. The lowest BCUT2D eigenvalue weighted by Crippen LogP contribution is -2.67. The Labute approximate surface area is 226 Å². The third-order valence-corrected chi connectivity index (χ3v) is 7.11. The summed E-state index contributed by atoms with van der Waals surface area (Å²) in [6, 6.07) is 0. The fourth-order valence-electron chi connectivity index (χ4n) is 1.58. The Morgan fingerprint density at radius 2 is 0.605 bits per heavy atom. The van der Waals surface area contributed by atoms with E-state index in [4.69, 9.17) is 0 Å². The van der Waals surface area contributed by atoms with Crippen molar-refractivity contribution in [2.45, 2.75) is 55.0 Å². The number of halogens is 22. The fraction of sp³-hybridized carbons (Fsp3) is 0.833. The van der Waals surface area contributed by atoms with Gasteiger partial charge in [-0.25, -0.2) is 28.1 Å². The fourth-order valence-corrected chi connectivity index (χ4v) is 2.51. The highest BCUT2D eigenvalue weighted by Crippen LogP contribution is 2.62. The number of hydrogen-bond acceptors (Lipinski definition) is 4. The van der Waals surface area contributed by atoms with Crippen LogP contribution in [-0.4, -0.2) is 66.9 Å². The normalized spacial score (nSPS) is 18.4. The average molecular weight is 725 g/mol. The van der Waals surface area contributed by atoms with Crippen LogP contribution in [0.1, 0.15) is 0 Å². The molecule has 38 heavy (non-hydrogen) atoms. The lowest BCUT2D eigenvalue weighted by Gasteiger charge is -2.39. The van der Waals surface area contributed by atoms with Crippen molar-refractivity contribution in [3.63, 3.8) is 0 Å². The lowest BCUT2D eigenvalue weighted by atomic mass is 10.0. The van der Waals surface area contributed by atoms with Gasteiger partial charge in [0.05, 0.1) is 0 Å². The van der Waals surface area contributed by atoms with Gasteiger partial charge in [-0.2, -0.15) is 61.5 Å². The van der Waals surface area contributed by atoms with Crippen LogP contribution in [0.2, 0.25) is 0 Å². The van der Waals surface area contributed by atoms with Gasteiger partial charge in [0, 0.05) is 0 Å². The maximum Gasteiger partial charge on any atom is 0.431 e. The summed E-state index contributed by atoms with van der Waals surface area (Å²) in [6.07, 6.45) is -13.2. The van der Waals surface area contributed by atoms with E-state index >= 15 is 0 Å². The van der Waals surface area contributed by atoms with E-state index in [-0.39, 0.29) is 0 Å². The molecule has 0 N–H and O–H groups in total. The molecule has 0 radical (unpaired) electrons. The zero-order valence-electron chi connectivity index (χ0n) is 15.9. The Morgan fingerprint density at radius 3 is 0.763 bits per heavy atom. The van der Waals surface area contributed by atoms with Gasteiger partial charge in [-0.3, -0.25) is 0 Å². The van der Waals surface area contributed by atoms with Gasteiger partial charge in [0.15, 0.2) is 0 Å². The van der Waals surface area contributed by atoms with Crippen LogP contribution in [0.5, 0.6) is 0 Å². The summed E-state index contributed by atoms with van der Waals surface area (Å²) in [6.45, 7) is 0. The number of carbonyl (C=O) groups is 2. The zero-order valence-corrected chi connectivity index (χ0v) is 20.5. The van der Waals surface area contributed by atoms with Crippen molar-refractivity contribution < 1.29 is 89.6 Å². The summed E-state index contributed by atoms with van der Waals surface area (Å²) in [5.41, 5.74) is 0. The first kappa shape index (κ1) is 37.6. The smallest absolute Gasteiger partial charge is 0.240 e. The van der Waals surface area contributed by atoms with Gasteiger partial charge in [-0.1, -0.05) is 69.6 Å². The highest BCUT2D eigenvalue weighted by molar-refractivity contribution is 6.54. The first-order chi connectivity index (χ1) is 16.0. The van der Waals surface area contributed by atoms with Crippen LogP contribution in [0.25, 0.3) is 0 Å². The predicted molar refractivity (Wildman–Crippen MR) is 92.3 cm³/mol. The van der Waals surface area contributed by atoms with Crippen molar-refractivity contribution in [3.8, 4) is 0 Å². The number of alkyl halides is 22. The minimum absolute atomic E-state index is 2.32. The maximum atomic E-state index is 13.9. The molecule has 26 heteroatoms. The van der Waals surface area contributed by atoms with E-state index in [0.29, 0.717) is 0 Å². The molecule has 0 aliphatic carbocycles. The first-order valence-electron chi connectivity index (χ1n) is 7.64. The van der Waals surface area contributed by atoms with Gasteiger partial charge in [0.2, 0.25) is 0 Å². The molecule has 0 aliphatic heterocycles. The Bertz CT molecular complexity index is 855. The van der Waals surface area contributed by atoms with Crippen LogP contribution in [0.3, 0.4) is 0 Å². The van der Waals surface area contributed by atoms with Crippen molar-refractivity contribution in [2.75, 3.05) is 0 Å². The Kier molecular flexibility index (Phi) is 10.0. The molecule has 0 aromatic carbocycles. The molecule has 4 nitrogen and oxygen atoms in total. The molecule has 0 saturated heterocycles. The number of rotatable bonds is 8. The highest BCUT2D eigenvalue weighted by atomic mass is 35.5. The van der Waals surface area contributed by atoms with Crippen LogP contribution in [0.4, 0.5) is 70.2 Å². The van der Waals surface area contributed by atoms with Gasteiger partial charge < -0.3 is 0 Å². The molecule has 0 amide bonds. The third kappa shape index (κ3) is 5.42.